The van der Waals surface area contributed by atoms with Crippen molar-refractivity contribution in [3.8, 4) is 0 Å². The van der Waals surface area contributed by atoms with E-state index in [-0.39, 0.29) is 11.9 Å². The van der Waals surface area contributed by atoms with Gasteiger partial charge in [-0.15, -0.1) is 0 Å². The fourth-order valence-corrected chi connectivity index (χ4v) is 2.26. The Kier molecular flexibility index (Phi) is 4.73. The van der Waals surface area contributed by atoms with Crippen LogP contribution in [0.3, 0.4) is 0 Å². The van der Waals surface area contributed by atoms with Crippen LogP contribution in [0.25, 0.3) is 0 Å². The fourth-order valence-electron chi connectivity index (χ4n) is 2.26. The second-order valence-corrected chi connectivity index (χ2v) is 4.22. The van der Waals surface area contributed by atoms with Gasteiger partial charge in [-0.05, 0) is 19.4 Å². The number of nitrogens with zero attached hydrogens (tertiary/aromatic N) is 1. The van der Waals surface area contributed by atoms with Crippen molar-refractivity contribution in [3.63, 3.8) is 0 Å². The number of carboxylic acid groups (broad SMARTS) is 1. The van der Waals surface area contributed by atoms with E-state index < -0.39 is 11.9 Å². The Morgan fingerprint density at radius 2 is 2.19 bits per heavy atom. The van der Waals surface area contributed by atoms with E-state index in [0.717, 1.165) is 6.42 Å². The summed E-state index contributed by atoms with van der Waals surface area (Å²) in [5.74, 6) is -1.27. The Bertz CT molecular complexity index is 268. The monoisotopic (exact) mass is 228 g/mol. The SMILES string of the molecule is CCCN(C(C)=O)C1CNCCC1C(=O)O. The maximum atomic E-state index is 11.5. The molecule has 2 atom stereocenters. The first-order chi connectivity index (χ1) is 7.57. The summed E-state index contributed by atoms with van der Waals surface area (Å²) >= 11 is 0. The number of amides is 1. The zero-order valence-corrected chi connectivity index (χ0v) is 9.90. The molecule has 1 aliphatic heterocycles. The zero-order valence-electron chi connectivity index (χ0n) is 9.90. The van der Waals surface area contributed by atoms with E-state index >= 15 is 0 Å². The van der Waals surface area contributed by atoms with Crippen LogP contribution in [-0.2, 0) is 9.59 Å². The van der Waals surface area contributed by atoms with Crippen molar-refractivity contribution in [2.24, 2.45) is 5.92 Å². The van der Waals surface area contributed by atoms with Crippen LogP contribution in [0.5, 0.6) is 0 Å². The number of hydrogen-bond acceptors (Lipinski definition) is 3. The lowest BCUT2D eigenvalue weighted by molar-refractivity contribution is -0.147. The summed E-state index contributed by atoms with van der Waals surface area (Å²) in [4.78, 5) is 24.3. The highest BCUT2D eigenvalue weighted by atomic mass is 16.4. The molecule has 1 heterocycles. The first-order valence-corrected chi connectivity index (χ1v) is 5.78. The van der Waals surface area contributed by atoms with Crippen LogP contribution in [0.15, 0.2) is 0 Å². The van der Waals surface area contributed by atoms with Gasteiger partial charge < -0.3 is 15.3 Å². The Balaban J connectivity index is 2.78. The summed E-state index contributed by atoms with van der Waals surface area (Å²) in [5, 5.41) is 12.3. The molecule has 5 nitrogen and oxygen atoms in total. The molecule has 0 aliphatic carbocycles. The average Bonchev–Trinajstić information content (AvgIpc) is 2.25. The Morgan fingerprint density at radius 1 is 1.50 bits per heavy atom. The van der Waals surface area contributed by atoms with Crippen LogP contribution in [0.4, 0.5) is 0 Å². The van der Waals surface area contributed by atoms with E-state index in [1.165, 1.54) is 6.92 Å². The number of hydrogen-bond donors (Lipinski definition) is 2. The summed E-state index contributed by atoms with van der Waals surface area (Å²) in [6, 6.07) is -0.205. The number of carbonyl (C=O) groups is 2. The molecule has 0 aromatic rings. The zero-order chi connectivity index (χ0) is 12.1. The third-order valence-corrected chi connectivity index (χ3v) is 3.04. The summed E-state index contributed by atoms with van der Waals surface area (Å²) < 4.78 is 0. The van der Waals surface area contributed by atoms with Gasteiger partial charge in [0, 0.05) is 20.0 Å². The predicted octanol–water partition coefficient (Wildman–Crippen LogP) is 0.308. The third kappa shape index (κ3) is 2.95. The van der Waals surface area contributed by atoms with Gasteiger partial charge in [-0.2, -0.15) is 0 Å². The average molecular weight is 228 g/mol. The molecule has 2 N–H and O–H groups in total. The molecular weight excluding hydrogens is 208 g/mol. The molecule has 0 aromatic carbocycles. The number of nitrogens with one attached hydrogen (secondary N) is 1. The molecule has 0 saturated carbocycles. The largest absolute Gasteiger partial charge is 0.481 e. The van der Waals surface area contributed by atoms with E-state index in [1.54, 1.807) is 4.90 Å². The number of carboxylic acids is 1. The second-order valence-electron chi connectivity index (χ2n) is 4.22. The van der Waals surface area contributed by atoms with Crippen molar-refractivity contribution in [1.29, 1.82) is 0 Å². The van der Waals surface area contributed by atoms with Crippen molar-refractivity contribution in [1.82, 2.24) is 10.2 Å². The minimum absolute atomic E-state index is 0.0400. The normalized spacial score (nSPS) is 25.1. The quantitative estimate of drug-likeness (QED) is 0.726. The minimum Gasteiger partial charge on any atom is -0.481 e. The van der Waals surface area contributed by atoms with Crippen LogP contribution in [0, 0.1) is 5.92 Å². The molecule has 1 aliphatic rings. The first-order valence-electron chi connectivity index (χ1n) is 5.78. The molecule has 1 fully saturated rings. The fraction of sp³-hybridized carbons (Fsp3) is 0.818. The van der Waals surface area contributed by atoms with Crippen molar-refractivity contribution in [2.45, 2.75) is 32.7 Å². The summed E-state index contributed by atoms with van der Waals surface area (Å²) in [6.45, 7) is 5.42. The molecule has 1 amide bonds. The first kappa shape index (κ1) is 13.0. The van der Waals surface area contributed by atoms with Crippen LogP contribution in [0.2, 0.25) is 0 Å². The lowest BCUT2D eigenvalue weighted by Gasteiger charge is -2.37. The highest BCUT2D eigenvalue weighted by Gasteiger charge is 2.35. The Hall–Kier alpha value is -1.10. The summed E-state index contributed by atoms with van der Waals surface area (Å²) in [7, 11) is 0. The van der Waals surface area contributed by atoms with Gasteiger partial charge in [0.1, 0.15) is 0 Å². The molecule has 0 bridgehead atoms. The van der Waals surface area contributed by atoms with Crippen LogP contribution in [0.1, 0.15) is 26.7 Å². The van der Waals surface area contributed by atoms with E-state index in [1.807, 2.05) is 6.92 Å². The highest BCUT2D eigenvalue weighted by molar-refractivity contribution is 5.76. The molecule has 1 saturated heterocycles. The Morgan fingerprint density at radius 3 is 2.69 bits per heavy atom. The van der Waals surface area contributed by atoms with E-state index in [0.29, 0.717) is 26.1 Å². The highest BCUT2D eigenvalue weighted by Crippen LogP contribution is 2.19. The minimum atomic E-state index is -0.797. The van der Waals surface area contributed by atoms with Gasteiger partial charge in [0.15, 0.2) is 0 Å². The maximum absolute atomic E-state index is 11.5. The summed E-state index contributed by atoms with van der Waals surface area (Å²) in [5.41, 5.74) is 0. The maximum Gasteiger partial charge on any atom is 0.308 e. The molecule has 0 spiro atoms. The van der Waals surface area contributed by atoms with Gasteiger partial charge in [0.25, 0.3) is 0 Å². The number of carbonyl (C=O) groups excluding carboxylic acids is 1. The number of rotatable bonds is 4. The van der Waals surface area contributed by atoms with Gasteiger partial charge in [-0.25, -0.2) is 0 Å². The standard InChI is InChI=1S/C11H20N2O3/c1-3-6-13(8(2)14)10-7-12-5-4-9(10)11(15)16/h9-10,12H,3-7H2,1-2H3,(H,15,16). The van der Waals surface area contributed by atoms with Gasteiger partial charge in [-0.1, -0.05) is 6.92 Å². The number of aliphatic carboxylic acids is 1. The molecule has 5 heteroatoms. The van der Waals surface area contributed by atoms with Crippen LogP contribution < -0.4 is 5.32 Å². The van der Waals surface area contributed by atoms with Gasteiger partial charge >= 0.3 is 5.97 Å². The van der Waals surface area contributed by atoms with Crippen molar-refractivity contribution >= 4 is 11.9 Å². The van der Waals surface area contributed by atoms with Crippen LogP contribution in [-0.4, -0.2) is 47.6 Å². The van der Waals surface area contributed by atoms with E-state index in [4.69, 9.17) is 5.11 Å². The third-order valence-electron chi connectivity index (χ3n) is 3.04. The van der Waals surface area contributed by atoms with Gasteiger partial charge in [0.2, 0.25) is 5.91 Å². The molecule has 0 radical (unpaired) electrons. The smallest absolute Gasteiger partial charge is 0.308 e. The topological polar surface area (TPSA) is 69.6 Å². The van der Waals surface area contributed by atoms with E-state index in [2.05, 4.69) is 5.32 Å². The molecule has 92 valence electrons. The second kappa shape index (κ2) is 5.84. The van der Waals surface area contributed by atoms with Gasteiger partial charge in [-0.3, -0.25) is 9.59 Å². The predicted molar refractivity (Wildman–Crippen MR) is 60.1 cm³/mol. The number of piperidine rings is 1. The lowest BCUT2D eigenvalue weighted by atomic mass is 9.91. The molecule has 2 unspecified atom stereocenters. The van der Waals surface area contributed by atoms with Crippen molar-refractivity contribution in [3.05, 3.63) is 0 Å². The Labute approximate surface area is 95.8 Å². The van der Waals surface area contributed by atoms with E-state index in [9.17, 15) is 9.59 Å². The molecule has 0 aromatic heterocycles. The van der Waals surface area contributed by atoms with Gasteiger partial charge in [0.05, 0.1) is 12.0 Å². The van der Waals surface area contributed by atoms with Crippen LogP contribution >= 0.6 is 0 Å². The van der Waals surface area contributed by atoms with Crippen molar-refractivity contribution < 1.29 is 14.7 Å². The molecule has 16 heavy (non-hydrogen) atoms. The van der Waals surface area contributed by atoms with Crippen molar-refractivity contribution in [2.75, 3.05) is 19.6 Å². The molecular formula is C11H20N2O3. The molecule has 1 rings (SSSR count). The lowest BCUT2D eigenvalue weighted by Crippen LogP contribution is -2.55. The summed E-state index contributed by atoms with van der Waals surface area (Å²) in [6.07, 6.45) is 1.44.